The van der Waals surface area contributed by atoms with Gasteiger partial charge in [-0.3, -0.25) is 0 Å². The van der Waals surface area contributed by atoms with Crippen LogP contribution in [0.2, 0.25) is 5.22 Å². The third-order valence-corrected chi connectivity index (χ3v) is 4.70. The molecule has 0 saturated carbocycles. The van der Waals surface area contributed by atoms with Gasteiger partial charge in [0.25, 0.3) is 0 Å². The Kier molecular flexibility index (Phi) is 3.97. The summed E-state index contributed by atoms with van der Waals surface area (Å²) in [5.74, 6) is 0.743. The molecule has 0 spiro atoms. The Morgan fingerprint density at radius 2 is 1.75 bits per heavy atom. The van der Waals surface area contributed by atoms with Gasteiger partial charge in [0.2, 0.25) is 0 Å². The van der Waals surface area contributed by atoms with Crippen molar-refractivity contribution in [2.75, 3.05) is 0 Å². The number of benzene rings is 1. The molecule has 4 heteroatoms. The molecule has 0 unspecified atom stereocenters. The summed E-state index contributed by atoms with van der Waals surface area (Å²) in [5.41, 5.74) is 6.22. The maximum absolute atomic E-state index is 5.95. The quantitative estimate of drug-likeness (QED) is 0.410. The van der Waals surface area contributed by atoms with Gasteiger partial charge < -0.3 is 4.42 Å². The predicted molar refractivity (Wildman–Crippen MR) is 100 cm³/mol. The van der Waals surface area contributed by atoms with E-state index in [1.54, 1.807) is 17.4 Å². The average molecular weight is 352 g/mol. The molecular weight excluding hydrogens is 338 g/mol. The van der Waals surface area contributed by atoms with Crippen LogP contribution < -0.4 is 0 Å². The van der Waals surface area contributed by atoms with Crippen LogP contribution in [0, 0.1) is 6.92 Å². The second-order valence-corrected chi connectivity index (χ2v) is 6.76. The largest absolute Gasteiger partial charge is 0.445 e. The molecule has 0 aliphatic carbocycles. The lowest BCUT2D eigenvalue weighted by molar-refractivity contribution is 0.584. The zero-order valence-corrected chi connectivity index (χ0v) is 14.6. The molecule has 3 heterocycles. The van der Waals surface area contributed by atoms with Gasteiger partial charge in [0.05, 0.1) is 11.4 Å². The fourth-order valence-electron chi connectivity index (χ4n) is 2.65. The molecule has 24 heavy (non-hydrogen) atoms. The van der Waals surface area contributed by atoms with E-state index in [4.69, 9.17) is 21.0 Å². The lowest BCUT2D eigenvalue weighted by Gasteiger charge is -2.08. The molecule has 3 aromatic heterocycles. The first-order valence-electron chi connectivity index (χ1n) is 7.56. The molecule has 0 radical (unpaired) electrons. The van der Waals surface area contributed by atoms with E-state index in [0.29, 0.717) is 5.22 Å². The monoisotopic (exact) mass is 351 g/mol. The van der Waals surface area contributed by atoms with Crippen LogP contribution in [0.4, 0.5) is 0 Å². The van der Waals surface area contributed by atoms with Crippen molar-refractivity contribution in [2.24, 2.45) is 0 Å². The van der Waals surface area contributed by atoms with Crippen LogP contribution in [0.25, 0.3) is 33.8 Å². The maximum atomic E-state index is 5.95. The molecule has 0 amide bonds. The minimum Gasteiger partial charge on any atom is -0.445 e. The number of pyridine rings is 1. The Balaban J connectivity index is 1.91. The summed E-state index contributed by atoms with van der Waals surface area (Å²) in [4.78, 5) is 4.85. The maximum Gasteiger partial charge on any atom is 0.193 e. The number of halogens is 1. The SMILES string of the molecule is Cc1cccc(-c2cc(-c3ccc(Cl)o3)cc(-c3ccsc3)n2)c1. The number of nitrogens with zero attached hydrogens (tertiary/aromatic N) is 1. The fraction of sp³-hybridized carbons (Fsp3) is 0.0500. The Labute approximate surface area is 149 Å². The van der Waals surface area contributed by atoms with Gasteiger partial charge in [0.1, 0.15) is 5.76 Å². The van der Waals surface area contributed by atoms with Crippen molar-refractivity contribution in [3.63, 3.8) is 0 Å². The highest BCUT2D eigenvalue weighted by molar-refractivity contribution is 7.08. The molecule has 0 bridgehead atoms. The molecule has 0 fully saturated rings. The lowest BCUT2D eigenvalue weighted by Crippen LogP contribution is -1.90. The standard InChI is InChI=1S/C20H14ClNOS/c1-13-3-2-4-14(9-13)17-10-16(19-5-6-20(21)23-19)11-18(22-17)15-7-8-24-12-15/h2-12H,1H3. The van der Waals surface area contributed by atoms with Gasteiger partial charge in [-0.1, -0.05) is 23.8 Å². The van der Waals surface area contributed by atoms with Crippen LogP contribution in [-0.2, 0) is 0 Å². The van der Waals surface area contributed by atoms with Crippen LogP contribution >= 0.6 is 22.9 Å². The van der Waals surface area contributed by atoms with Crippen LogP contribution in [0.5, 0.6) is 0 Å². The number of furan rings is 1. The van der Waals surface area contributed by atoms with E-state index >= 15 is 0 Å². The molecule has 2 nitrogen and oxygen atoms in total. The van der Waals surface area contributed by atoms with Crippen molar-refractivity contribution in [1.29, 1.82) is 0 Å². The van der Waals surface area contributed by atoms with Gasteiger partial charge >= 0.3 is 0 Å². The summed E-state index contributed by atoms with van der Waals surface area (Å²) < 4.78 is 5.60. The number of aryl methyl sites for hydroxylation is 1. The van der Waals surface area contributed by atoms with Crippen molar-refractivity contribution in [2.45, 2.75) is 6.92 Å². The van der Waals surface area contributed by atoms with Crippen molar-refractivity contribution >= 4 is 22.9 Å². The summed E-state index contributed by atoms with van der Waals surface area (Å²) in [6.07, 6.45) is 0. The Morgan fingerprint density at radius 3 is 2.42 bits per heavy atom. The molecule has 4 rings (SSSR count). The van der Waals surface area contributed by atoms with E-state index in [-0.39, 0.29) is 0 Å². The highest BCUT2D eigenvalue weighted by Crippen LogP contribution is 2.32. The predicted octanol–water partition coefficient (Wildman–Crippen LogP) is 6.70. The number of rotatable bonds is 3. The number of aromatic nitrogens is 1. The third-order valence-electron chi connectivity index (χ3n) is 3.81. The molecular formula is C20H14ClNOS. The van der Waals surface area contributed by atoms with Crippen LogP contribution in [-0.4, -0.2) is 4.98 Å². The minimum absolute atomic E-state index is 0.385. The van der Waals surface area contributed by atoms with Gasteiger partial charge in [-0.05, 0) is 60.3 Å². The zero-order valence-electron chi connectivity index (χ0n) is 13.0. The molecule has 0 aliphatic heterocycles. The van der Waals surface area contributed by atoms with Crippen LogP contribution in [0.15, 0.2) is 69.8 Å². The summed E-state index contributed by atoms with van der Waals surface area (Å²) >= 11 is 7.61. The van der Waals surface area contributed by atoms with Gasteiger partial charge in [-0.15, -0.1) is 0 Å². The Morgan fingerprint density at radius 1 is 0.917 bits per heavy atom. The Hall–Kier alpha value is -2.36. The second kappa shape index (κ2) is 6.27. The number of hydrogen-bond donors (Lipinski definition) is 0. The zero-order chi connectivity index (χ0) is 16.5. The normalized spacial score (nSPS) is 10.9. The summed E-state index contributed by atoms with van der Waals surface area (Å²) in [5, 5.41) is 4.54. The number of hydrogen-bond acceptors (Lipinski definition) is 3. The lowest BCUT2D eigenvalue weighted by atomic mass is 10.0. The topological polar surface area (TPSA) is 26.0 Å². The first-order chi connectivity index (χ1) is 11.7. The average Bonchev–Trinajstić information content (AvgIpc) is 3.26. The third kappa shape index (κ3) is 3.01. The molecule has 0 aliphatic rings. The molecule has 1 aromatic carbocycles. The van der Waals surface area contributed by atoms with Gasteiger partial charge in [0, 0.05) is 22.1 Å². The van der Waals surface area contributed by atoms with E-state index in [9.17, 15) is 0 Å². The van der Waals surface area contributed by atoms with Gasteiger partial charge in [-0.25, -0.2) is 4.98 Å². The molecule has 0 N–H and O–H groups in total. The molecule has 4 aromatic rings. The van der Waals surface area contributed by atoms with E-state index in [0.717, 1.165) is 33.8 Å². The van der Waals surface area contributed by atoms with E-state index in [1.807, 2.05) is 24.3 Å². The first kappa shape index (κ1) is 15.2. The smallest absolute Gasteiger partial charge is 0.193 e. The van der Waals surface area contributed by atoms with E-state index in [2.05, 4.69) is 41.9 Å². The van der Waals surface area contributed by atoms with Crippen molar-refractivity contribution in [3.8, 4) is 33.8 Å². The highest BCUT2D eigenvalue weighted by atomic mass is 35.5. The van der Waals surface area contributed by atoms with Gasteiger partial charge in [-0.2, -0.15) is 11.3 Å². The van der Waals surface area contributed by atoms with Crippen LogP contribution in [0.1, 0.15) is 5.56 Å². The summed E-state index contributed by atoms with van der Waals surface area (Å²) in [6.45, 7) is 2.08. The first-order valence-corrected chi connectivity index (χ1v) is 8.88. The van der Waals surface area contributed by atoms with E-state index in [1.165, 1.54) is 5.56 Å². The Bertz CT molecular complexity index is 989. The number of thiophene rings is 1. The second-order valence-electron chi connectivity index (χ2n) is 5.61. The minimum atomic E-state index is 0.385. The van der Waals surface area contributed by atoms with Crippen molar-refractivity contribution in [3.05, 3.63) is 76.1 Å². The summed E-state index contributed by atoms with van der Waals surface area (Å²) in [6, 6.07) is 18.1. The van der Waals surface area contributed by atoms with Crippen LogP contribution in [0.3, 0.4) is 0 Å². The highest BCUT2D eigenvalue weighted by Gasteiger charge is 2.11. The van der Waals surface area contributed by atoms with Crippen molar-refractivity contribution in [1.82, 2.24) is 4.98 Å². The molecule has 0 atom stereocenters. The fourth-order valence-corrected chi connectivity index (χ4v) is 3.45. The molecule has 118 valence electrons. The van der Waals surface area contributed by atoms with Crippen molar-refractivity contribution < 1.29 is 4.42 Å². The molecule has 0 saturated heterocycles. The van der Waals surface area contributed by atoms with E-state index < -0.39 is 0 Å². The van der Waals surface area contributed by atoms with Gasteiger partial charge in [0.15, 0.2) is 5.22 Å². The summed E-state index contributed by atoms with van der Waals surface area (Å²) in [7, 11) is 0.